The van der Waals surface area contributed by atoms with Crippen molar-refractivity contribution in [3.05, 3.63) is 40.7 Å². The molecule has 0 bridgehead atoms. The molecular formula is C14H13ClFNO3. The summed E-state index contributed by atoms with van der Waals surface area (Å²) in [6.07, 6.45) is 2.65. The van der Waals surface area contributed by atoms with Gasteiger partial charge in [-0.15, -0.1) is 0 Å². The molecule has 0 saturated carbocycles. The smallest absolute Gasteiger partial charge is 0.303 e. The molecule has 0 atom stereocenters. The van der Waals surface area contributed by atoms with Crippen molar-refractivity contribution in [3.63, 3.8) is 0 Å². The maximum atomic E-state index is 13.5. The Morgan fingerprint density at radius 1 is 1.45 bits per heavy atom. The monoisotopic (exact) mass is 297 g/mol. The molecule has 1 N–H and O–H groups in total. The van der Waals surface area contributed by atoms with Gasteiger partial charge in [-0.05, 0) is 18.2 Å². The lowest BCUT2D eigenvalue weighted by Crippen LogP contribution is -2.49. The summed E-state index contributed by atoms with van der Waals surface area (Å²) in [6.45, 7) is 0.834. The van der Waals surface area contributed by atoms with Gasteiger partial charge in [-0.25, -0.2) is 4.39 Å². The van der Waals surface area contributed by atoms with E-state index in [0.717, 1.165) is 0 Å². The van der Waals surface area contributed by atoms with Gasteiger partial charge in [-0.2, -0.15) is 0 Å². The van der Waals surface area contributed by atoms with Crippen molar-refractivity contribution in [2.45, 2.75) is 6.42 Å². The Morgan fingerprint density at radius 2 is 2.15 bits per heavy atom. The van der Waals surface area contributed by atoms with E-state index in [-0.39, 0.29) is 28.8 Å². The topological polar surface area (TPSA) is 57.6 Å². The zero-order valence-corrected chi connectivity index (χ0v) is 11.3. The number of nitrogens with zero attached hydrogens (tertiary/aromatic N) is 1. The molecule has 1 saturated heterocycles. The molecule has 1 aliphatic heterocycles. The highest BCUT2D eigenvalue weighted by Crippen LogP contribution is 2.22. The number of amides is 1. The minimum absolute atomic E-state index is 0.00176. The summed E-state index contributed by atoms with van der Waals surface area (Å²) in [5, 5.41) is 8.85. The van der Waals surface area contributed by atoms with E-state index in [2.05, 4.69) is 0 Å². The average molecular weight is 298 g/mol. The average Bonchev–Trinajstić information content (AvgIpc) is 2.32. The summed E-state index contributed by atoms with van der Waals surface area (Å²) in [5.41, 5.74) is 0.171. The number of hydrogen-bond acceptors (Lipinski definition) is 2. The van der Waals surface area contributed by atoms with Crippen molar-refractivity contribution in [1.29, 1.82) is 0 Å². The van der Waals surface area contributed by atoms with Gasteiger partial charge in [0, 0.05) is 30.6 Å². The lowest BCUT2D eigenvalue weighted by Gasteiger charge is -2.37. The van der Waals surface area contributed by atoms with E-state index in [4.69, 9.17) is 16.7 Å². The molecular weight excluding hydrogens is 285 g/mol. The Morgan fingerprint density at radius 3 is 2.75 bits per heavy atom. The molecule has 1 amide bonds. The van der Waals surface area contributed by atoms with Crippen LogP contribution in [0.2, 0.25) is 5.02 Å². The van der Waals surface area contributed by atoms with Crippen molar-refractivity contribution < 1.29 is 19.1 Å². The highest BCUT2D eigenvalue weighted by Gasteiger charge is 2.30. The van der Waals surface area contributed by atoms with Gasteiger partial charge in [-0.1, -0.05) is 17.7 Å². The maximum absolute atomic E-state index is 13.5. The number of carbonyl (C=O) groups is 2. The fourth-order valence-electron chi connectivity index (χ4n) is 2.06. The molecule has 0 radical (unpaired) electrons. The normalized spacial score (nSPS) is 15.4. The predicted molar refractivity (Wildman–Crippen MR) is 72.8 cm³/mol. The van der Waals surface area contributed by atoms with Crippen LogP contribution in [-0.2, 0) is 9.59 Å². The van der Waals surface area contributed by atoms with Crippen molar-refractivity contribution >= 4 is 29.6 Å². The Bertz CT molecular complexity index is 547. The van der Waals surface area contributed by atoms with Crippen LogP contribution >= 0.6 is 11.6 Å². The number of aliphatic carboxylic acids is 1. The molecule has 0 aliphatic carbocycles. The van der Waals surface area contributed by atoms with E-state index in [1.165, 1.54) is 29.2 Å². The minimum Gasteiger partial charge on any atom is -0.481 e. The molecule has 4 nitrogen and oxygen atoms in total. The van der Waals surface area contributed by atoms with Crippen LogP contribution in [0, 0.1) is 11.7 Å². The molecule has 1 fully saturated rings. The lowest BCUT2D eigenvalue weighted by molar-refractivity contribution is -0.143. The van der Waals surface area contributed by atoms with Crippen LogP contribution in [0.15, 0.2) is 24.3 Å². The molecule has 20 heavy (non-hydrogen) atoms. The van der Waals surface area contributed by atoms with Gasteiger partial charge in [0.15, 0.2) is 0 Å². The first-order chi connectivity index (χ1) is 9.47. The summed E-state index contributed by atoms with van der Waals surface area (Å²) >= 11 is 5.84. The second kappa shape index (κ2) is 6.05. The van der Waals surface area contributed by atoms with Crippen LogP contribution in [0.1, 0.15) is 12.0 Å². The van der Waals surface area contributed by atoms with Crippen molar-refractivity contribution in [3.8, 4) is 0 Å². The third-order valence-corrected chi connectivity index (χ3v) is 3.45. The number of hydrogen-bond donors (Lipinski definition) is 1. The molecule has 0 spiro atoms. The molecule has 1 aromatic rings. The van der Waals surface area contributed by atoms with Crippen molar-refractivity contribution in [1.82, 2.24) is 4.90 Å². The first kappa shape index (κ1) is 14.5. The SMILES string of the molecule is O=C(O)CC1CN(C(=O)C=Cc2c(F)cccc2Cl)C1. The zero-order chi connectivity index (χ0) is 14.7. The largest absolute Gasteiger partial charge is 0.481 e. The van der Waals surface area contributed by atoms with Gasteiger partial charge in [0.25, 0.3) is 0 Å². The molecule has 1 aliphatic rings. The minimum atomic E-state index is -0.865. The van der Waals surface area contributed by atoms with Gasteiger partial charge in [0.2, 0.25) is 5.91 Å². The molecule has 106 valence electrons. The maximum Gasteiger partial charge on any atom is 0.303 e. The second-order valence-electron chi connectivity index (χ2n) is 4.68. The van der Waals surface area contributed by atoms with Crippen LogP contribution < -0.4 is 0 Å². The number of carboxylic acids is 1. The summed E-state index contributed by atoms with van der Waals surface area (Å²) in [5.74, 6) is -1.63. The van der Waals surface area contributed by atoms with Crippen LogP contribution in [0.3, 0.4) is 0 Å². The van der Waals surface area contributed by atoms with Crippen LogP contribution in [0.4, 0.5) is 4.39 Å². The van der Waals surface area contributed by atoms with Gasteiger partial charge in [-0.3, -0.25) is 9.59 Å². The third-order valence-electron chi connectivity index (χ3n) is 3.12. The lowest BCUT2D eigenvalue weighted by atomic mass is 9.96. The van der Waals surface area contributed by atoms with Gasteiger partial charge < -0.3 is 10.0 Å². The second-order valence-corrected chi connectivity index (χ2v) is 5.08. The fraction of sp³-hybridized carbons (Fsp3) is 0.286. The fourth-order valence-corrected chi connectivity index (χ4v) is 2.28. The van der Waals surface area contributed by atoms with Gasteiger partial charge in [0.1, 0.15) is 5.82 Å². The number of halogens is 2. The first-order valence-corrected chi connectivity index (χ1v) is 6.48. The molecule has 0 unspecified atom stereocenters. The zero-order valence-electron chi connectivity index (χ0n) is 10.6. The van der Waals surface area contributed by atoms with E-state index < -0.39 is 11.8 Å². The molecule has 1 heterocycles. The molecule has 2 rings (SSSR count). The Kier molecular flexibility index (Phi) is 4.39. The standard InChI is InChI=1S/C14H13ClFNO3/c15-11-2-1-3-12(16)10(11)4-5-13(18)17-7-9(8-17)6-14(19)20/h1-5,9H,6-8H2,(H,19,20). The third kappa shape index (κ3) is 3.36. The number of carbonyl (C=O) groups excluding carboxylic acids is 1. The van der Waals surface area contributed by atoms with Crippen LogP contribution in [-0.4, -0.2) is 35.0 Å². The Balaban J connectivity index is 1.93. The highest BCUT2D eigenvalue weighted by atomic mass is 35.5. The number of benzene rings is 1. The van der Waals surface area contributed by atoms with Crippen molar-refractivity contribution in [2.75, 3.05) is 13.1 Å². The predicted octanol–water partition coefficient (Wildman–Crippen LogP) is 2.43. The highest BCUT2D eigenvalue weighted by molar-refractivity contribution is 6.32. The van der Waals surface area contributed by atoms with E-state index in [0.29, 0.717) is 13.1 Å². The van der Waals surface area contributed by atoms with E-state index >= 15 is 0 Å². The summed E-state index contributed by atoms with van der Waals surface area (Å²) < 4.78 is 13.5. The van der Waals surface area contributed by atoms with Crippen molar-refractivity contribution in [2.24, 2.45) is 5.92 Å². The van der Waals surface area contributed by atoms with E-state index in [9.17, 15) is 14.0 Å². The molecule has 0 aromatic heterocycles. The number of likely N-dealkylation sites (tertiary alicyclic amines) is 1. The van der Waals surface area contributed by atoms with Crippen LogP contribution in [0.5, 0.6) is 0 Å². The van der Waals surface area contributed by atoms with E-state index in [1.807, 2.05) is 0 Å². The summed E-state index contributed by atoms with van der Waals surface area (Å²) in [7, 11) is 0. The Labute approximate surface area is 120 Å². The molecule has 1 aromatic carbocycles. The quantitative estimate of drug-likeness (QED) is 0.868. The van der Waals surface area contributed by atoms with Gasteiger partial charge >= 0.3 is 5.97 Å². The Hall–Kier alpha value is -1.88. The van der Waals surface area contributed by atoms with E-state index in [1.54, 1.807) is 6.07 Å². The van der Waals surface area contributed by atoms with Gasteiger partial charge in [0.05, 0.1) is 11.4 Å². The first-order valence-electron chi connectivity index (χ1n) is 6.10. The molecule has 6 heteroatoms. The number of carboxylic acid groups (broad SMARTS) is 1. The number of rotatable bonds is 4. The summed E-state index contributed by atoms with van der Waals surface area (Å²) in [6, 6.07) is 4.30. The summed E-state index contributed by atoms with van der Waals surface area (Å²) in [4.78, 5) is 23.8. The van der Waals surface area contributed by atoms with Crippen LogP contribution in [0.25, 0.3) is 6.08 Å².